The first-order valence-electron chi connectivity index (χ1n) is 15.3. The lowest BCUT2D eigenvalue weighted by Gasteiger charge is -2.36. The lowest BCUT2D eigenvalue weighted by atomic mass is 9.98. The summed E-state index contributed by atoms with van der Waals surface area (Å²) in [5, 5.41) is 2.13. The molecule has 0 saturated carbocycles. The van der Waals surface area contributed by atoms with Crippen LogP contribution in [0.2, 0.25) is 0 Å². The fourth-order valence-corrected chi connectivity index (χ4v) is 5.27. The van der Waals surface area contributed by atoms with Crippen molar-refractivity contribution in [3.05, 3.63) is 114 Å². The molecule has 8 heteroatoms. The number of amides is 3. The number of ether oxygens (including phenoxy) is 1. The molecule has 0 N–H and O–H groups in total. The highest BCUT2D eigenvalue weighted by atomic mass is 16.6. The summed E-state index contributed by atoms with van der Waals surface area (Å²) in [6.07, 6.45) is 4.12. The predicted octanol–water partition coefficient (Wildman–Crippen LogP) is 5.78. The summed E-state index contributed by atoms with van der Waals surface area (Å²) in [6, 6.07) is 25.9. The molecule has 0 aliphatic carbocycles. The van der Waals surface area contributed by atoms with Crippen LogP contribution < -0.4 is 0 Å². The maximum Gasteiger partial charge on any atom is 0.410 e. The number of nitrogens with zero attached hydrogens (tertiary/aromatic N) is 4. The lowest BCUT2D eigenvalue weighted by molar-refractivity contribution is -0.146. The Balaban J connectivity index is 1.64. The van der Waals surface area contributed by atoms with Crippen molar-refractivity contribution >= 4 is 28.7 Å². The molecule has 4 rings (SSSR count). The molecule has 4 aromatic rings. The first kappa shape index (κ1) is 33.2. The van der Waals surface area contributed by atoms with Crippen molar-refractivity contribution in [2.75, 3.05) is 27.7 Å². The van der Waals surface area contributed by atoms with E-state index in [0.717, 1.165) is 27.5 Å². The average Bonchev–Trinajstić information content (AvgIpc) is 3.03. The van der Waals surface area contributed by atoms with E-state index < -0.39 is 23.8 Å². The number of benzene rings is 3. The van der Waals surface area contributed by atoms with Crippen LogP contribution in [0.15, 0.2) is 97.3 Å². The average molecular weight is 609 g/mol. The zero-order valence-corrected chi connectivity index (χ0v) is 27.1. The summed E-state index contributed by atoms with van der Waals surface area (Å²) in [4.78, 5) is 50.4. The number of carbonyl (C=O) groups excluding carboxylic acids is 3. The minimum absolute atomic E-state index is 0.173. The van der Waals surface area contributed by atoms with Gasteiger partial charge in [0.25, 0.3) is 0 Å². The van der Waals surface area contributed by atoms with Gasteiger partial charge in [0.1, 0.15) is 17.7 Å². The summed E-state index contributed by atoms with van der Waals surface area (Å²) in [7, 11) is 5.00. The van der Waals surface area contributed by atoms with E-state index in [-0.39, 0.29) is 18.2 Å². The van der Waals surface area contributed by atoms with Crippen LogP contribution in [0.3, 0.4) is 0 Å². The van der Waals surface area contributed by atoms with Crippen LogP contribution in [0, 0.1) is 0 Å². The van der Waals surface area contributed by atoms with Crippen LogP contribution in [-0.2, 0) is 33.6 Å². The summed E-state index contributed by atoms with van der Waals surface area (Å²) < 4.78 is 5.67. The Morgan fingerprint density at radius 1 is 0.689 bits per heavy atom. The van der Waals surface area contributed by atoms with Gasteiger partial charge in [0, 0.05) is 52.9 Å². The van der Waals surface area contributed by atoms with E-state index in [0.29, 0.717) is 19.4 Å². The fraction of sp³-hybridized carbons (Fsp3) is 0.351. The van der Waals surface area contributed by atoms with Crippen molar-refractivity contribution in [1.29, 1.82) is 0 Å². The number of rotatable bonds is 11. The zero-order chi connectivity index (χ0) is 32.6. The highest BCUT2D eigenvalue weighted by molar-refractivity contribution is 5.92. The molecule has 0 aliphatic heterocycles. The second-order valence-corrected chi connectivity index (χ2v) is 12.5. The number of fused-ring (bicyclic) bond motifs is 1. The van der Waals surface area contributed by atoms with E-state index in [9.17, 15) is 14.4 Å². The number of pyridine rings is 1. The maximum absolute atomic E-state index is 14.5. The molecule has 2 atom stereocenters. The summed E-state index contributed by atoms with van der Waals surface area (Å²) in [5.74, 6) is -0.513. The first-order valence-corrected chi connectivity index (χ1v) is 15.3. The number of hydrogen-bond acceptors (Lipinski definition) is 5. The number of carbonyl (C=O) groups is 3. The Bertz CT molecular complexity index is 1590. The first-order chi connectivity index (χ1) is 21.4. The van der Waals surface area contributed by atoms with Crippen LogP contribution in [-0.4, -0.2) is 83.0 Å². The third-order valence-electron chi connectivity index (χ3n) is 7.91. The molecule has 3 amide bonds. The zero-order valence-electron chi connectivity index (χ0n) is 27.1. The van der Waals surface area contributed by atoms with Crippen molar-refractivity contribution in [2.24, 2.45) is 0 Å². The Morgan fingerprint density at radius 3 is 1.96 bits per heavy atom. The Hall–Kier alpha value is -4.72. The van der Waals surface area contributed by atoms with Crippen LogP contribution in [0.4, 0.5) is 4.79 Å². The topological polar surface area (TPSA) is 83.1 Å². The molecule has 3 aromatic carbocycles. The summed E-state index contributed by atoms with van der Waals surface area (Å²) in [5.41, 5.74) is 2.17. The fourth-order valence-electron chi connectivity index (χ4n) is 5.27. The molecule has 1 heterocycles. The van der Waals surface area contributed by atoms with Crippen LogP contribution >= 0.6 is 0 Å². The number of hydrogen-bond donors (Lipinski definition) is 0. The minimum Gasteiger partial charge on any atom is -0.444 e. The summed E-state index contributed by atoms with van der Waals surface area (Å²) >= 11 is 0. The molecule has 0 bridgehead atoms. The van der Waals surface area contributed by atoms with Gasteiger partial charge in [0.2, 0.25) is 11.8 Å². The van der Waals surface area contributed by atoms with Crippen molar-refractivity contribution in [3.8, 4) is 0 Å². The van der Waals surface area contributed by atoms with Gasteiger partial charge in [-0.05, 0) is 66.8 Å². The number of likely N-dealkylation sites (N-methyl/N-ethyl adjacent to an activating group) is 3. The van der Waals surface area contributed by atoms with E-state index in [2.05, 4.69) is 4.98 Å². The van der Waals surface area contributed by atoms with Gasteiger partial charge >= 0.3 is 6.09 Å². The van der Waals surface area contributed by atoms with E-state index in [4.69, 9.17) is 4.74 Å². The Morgan fingerprint density at radius 2 is 1.29 bits per heavy atom. The lowest BCUT2D eigenvalue weighted by Crippen LogP contribution is -2.56. The number of aromatic nitrogens is 1. The van der Waals surface area contributed by atoms with Gasteiger partial charge in [-0.2, -0.15) is 0 Å². The van der Waals surface area contributed by atoms with Crippen LogP contribution in [0.25, 0.3) is 10.8 Å². The Kier molecular flexibility index (Phi) is 10.9. The molecule has 0 fully saturated rings. The monoisotopic (exact) mass is 608 g/mol. The molecule has 0 unspecified atom stereocenters. The minimum atomic E-state index is -0.904. The van der Waals surface area contributed by atoms with Gasteiger partial charge < -0.3 is 14.5 Å². The van der Waals surface area contributed by atoms with Crippen molar-refractivity contribution < 1.29 is 19.1 Å². The van der Waals surface area contributed by atoms with Gasteiger partial charge in [-0.1, -0.05) is 72.8 Å². The van der Waals surface area contributed by atoms with E-state index >= 15 is 0 Å². The largest absolute Gasteiger partial charge is 0.444 e. The second-order valence-electron chi connectivity index (χ2n) is 12.5. The normalized spacial score (nSPS) is 12.7. The van der Waals surface area contributed by atoms with Crippen molar-refractivity contribution in [2.45, 2.75) is 57.7 Å². The molecular weight excluding hydrogens is 564 g/mol. The molecule has 8 nitrogen and oxygen atoms in total. The molecule has 45 heavy (non-hydrogen) atoms. The molecule has 0 spiro atoms. The third-order valence-corrected chi connectivity index (χ3v) is 7.91. The van der Waals surface area contributed by atoms with Gasteiger partial charge in [-0.3, -0.25) is 19.5 Å². The molecule has 0 saturated heterocycles. The van der Waals surface area contributed by atoms with Crippen LogP contribution in [0.5, 0.6) is 0 Å². The van der Waals surface area contributed by atoms with Gasteiger partial charge in [-0.25, -0.2) is 4.79 Å². The highest BCUT2D eigenvalue weighted by Crippen LogP contribution is 2.21. The molecule has 1 aromatic heterocycles. The highest BCUT2D eigenvalue weighted by Gasteiger charge is 2.37. The molecular formula is C37H44N4O4. The summed E-state index contributed by atoms with van der Waals surface area (Å²) in [6.45, 7) is 5.86. The van der Waals surface area contributed by atoms with E-state index in [1.165, 1.54) is 9.80 Å². The van der Waals surface area contributed by atoms with Gasteiger partial charge in [-0.15, -0.1) is 0 Å². The van der Waals surface area contributed by atoms with Crippen molar-refractivity contribution in [3.63, 3.8) is 0 Å². The Labute approximate surface area is 266 Å². The smallest absolute Gasteiger partial charge is 0.410 e. The van der Waals surface area contributed by atoms with Gasteiger partial charge in [0.05, 0.1) is 0 Å². The van der Waals surface area contributed by atoms with E-state index in [1.807, 2.05) is 84.9 Å². The van der Waals surface area contributed by atoms with E-state index in [1.54, 1.807) is 59.2 Å². The predicted molar refractivity (Wildman–Crippen MR) is 178 cm³/mol. The second kappa shape index (κ2) is 14.8. The molecule has 0 aliphatic rings. The van der Waals surface area contributed by atoms with Crippen LogP contribution in [0.1, 0.15) is 37.5 Å². The van der Waals surface area contributed by atoms with Crippen molar-refractivity contribution in [1.82, 2.24) is 19.7 Å². The molecule has 0 radical (unpaired) electrons. The molecule has 236 valence electrons. The maximum atomic E-state index is 14.5. The third kappa shape index (κ3) is 9.14. The van der Waals surface area contributed by atoms with Gasteiger partial charge in [0.15, 0.2) is 0 Å². The standard InChI is InChI=1S/C37H44N4O4/c1-37(2,3)45-36(44)41(6)33(26-29-16-17-30-14-10-11-15-31(30)24-29)35(43)40(5)32(25-28-12-8-7-9-13-28)34(42)39(4)23-20-27-18-21-38-22-19-27/h7-19,21-22,24,32-33H,20,23,25-26H2,1-6H3/t32-,33-/m1/s1. The quantitative estimate of drug-likeness (QED) is 0.216. The SMILES string of the molecule is CN(CCc1ccncc1)C(=O)[C@@H](Cc1ccccc1)N(C)C(=O)[C@@H](Cc1ccc2ccccc2c1)N(C)C(=O)OC(C)(C)C.